The molecule has 0 saturated carbocycles. The maximum atomic E-state index is 12.5. The fraction of sp³-hybridized carbons (Fsp3) is 0.500. The molecule has 1 aromatic rings. The molecule has 1 atom stereocenters. The van der Waals surface area contributed by atoms with Crippen LogP contribution >= 0.6 is 36.4 Å². The molecule has 2 heterocycles. The Morgan fingerprint density at radius 2 is 2.00 bits per heavy atom. The molecule has 0 aromatic heterocycles. The van der Waals surface area contributed by atoms with E-state index in [4.69, 9.17) is 17.3 Å². The van der Waals surface area contributed by atoms with Crippen molar-refractivity contribution in [2.75, 3.05) is 31.9 Å². The van der Waals surface area contributed by atoms with Crippen molar-refractivity contribution < 1.29 is 4.79 Å². The number of nitrogen functional groups attached to an aromatic ring is 1. The molecular weight excluding hydrogens is 333 g/mol. The highest BCUT2D eigenvalue weighted by Gasteiger charge is 2.33. The average molecular weight is 353 g/mol. The van der Waals surface area contributed by atoms with Crippen molar-refractivity contribution in [2.45, 2.75) is 18.9 Å². The van der Waals surface area contributed by atoms with Crippen molar-refractivity contribution in [3.05, 3.63) is 28.8 Å². The first-order valence-electron chi connectivity index (χ1n) is 6.73. The fourth-order valence-electron chi connectivity index (χ4n) is 3.05. The van der Waals surface area contributed by atoms with Crippen LogP contribution in [0.4, 0.5) is 5.69 Å². The van der Waals surface area contributed by atoms with Crippen molar-refractivity contribution in [2.24, 2.45) is 0 Å². The minimum atomic E-state index is 0. The number of rotatable bonds is 1. The van der Waals surface area contributed by atoms with Gasteiger partial charge in [0.2, 0.25) is 0 Å². The van der Waals surface area contributed by atoms with Gasteiger partial charge in [-0.2, -0.15) is 0 Å². The first-order chi connectivity index (χ1) is 9.15. The molecule has 21 heavy (non-hydrogen) atoms. The van der Waals surface area contributed by atoms with Gasteiger partial charge < -0.3 is 10.6 Å². The van der Waals surface area contributed by atoms with Gasteiger partial charge in [0.15, 0.2) is 0 Å². The van der Waals surface area contributed by atoms with E-state index in [0.29, 0.717) is 22.3 Å². The Bertz CT molecular complexity index is 512. The summed E-state index contributed by atoms with van der Waals surface area (Å²) in [5, 5.41) is 0.443. The van der Waals surface area contributed by atoms with Crippen LogP contribution in [0.2, 0.25) is 5.02 Å². The van der Waals surface area contributed by atoms with Crippen LogP contribution in [-0.2, 0) is 0 Å². The second-order valence-electron chi connectivity index (χ2n) is 5.32. The zero-order chi connectivity index (χ0) is 13.4. The molecule has 4 nitrogen and oxygen atoms in total. The highest BCUT2D eigenvalue weighted by atomic mass is 35.5. The summed E-state index contributed by atoms with van der Waals surface area (Å²) < 4.78 is 0. The highest BCUT2D eigenvalue weighted by Crippen LogP contribution is 2.25. The molecule has 2 fully saturated rings. The van der Waals surface area contributed by atoms with Crippen molar-refractivity contribution >= 4 is 48.0 Å². The minimum absolute atomic E-state index is 0. The number of piperazine rings is 1. The minimum Gasteiger partial charge on any atom is -0.399 e. The van der Waals surface area contributed by atoms with Gasteiger partial charge in [0, 0.05) is 31.4 Å². The maximum absolute atomic E-state index is 12.5. The molecule has 2 aliphatic heterocycles. The zero-order valence-electron chi connectivity index (χ0n) is 11.6. The lowest BCUT2D eigenvalue weighted by Gasteiger charge is -2.37. The second kappa shape index (κ2) is 7.54. The lowest BCUT2D eigenvalue weighted by atomic mass is 10.1. The second-order valence-corrected chi connectivity index (χ2v) is 5.73. The van der Waals surface area contributed by atoms with E-state index >= 15 is 0 Å². The van der Waals surface area contributed by atoms with Crippen LogP contribution in [0.1, 0.15) is 23.2 Å². The number of halogens is 3. The van der Waals surface area contributed by atoms with Crippen LogP contribution in [0.5, 0.6) is 0 Å². The summed E-state index contributed by atoms with van der Waals surface area (Å²) in [6.07, 6.45) is 2.44. The number of benzene rings is 1. The molecule has 2 N–H and O–H groups in total. The summed E-state index contributed by atoms with van der Waals surface area (Å²) in [4.78, 5) is 16.9. The van der Waals surface area contributed by atoms with Crippen molar-refractivity contribution in [1.82, 2.24) is 9.80 Å². The summed E-state index contributed by atoms with van der Waals surface area (Å²) in [7, 11) is 0. The van der Waals surface area contributed by atoms with E-state index in [1.54, 1.807) is 18.2 Å². The molecule has 118 valence electrons. The Hall–Kier alpha value is -0.680. The smallest absolute Gasteiger partial charge is 0.255 e. The lowest BCUT2D eigenvalue weighted by molar-refractivity contribution is 0.0571. The topological polar surface area (TPSA) is 49.6 Å². The molecule has 1 unspecified atom stereocenters. The Morgan fingerprint density at radius 3 is 2.71 bits per heavy atom. The number of nitrogens with two attached hydrogens (primary N) is 1. The fourth-order valence-corrected chi connectivity index (χ4v) is 3.32. The molecule has 0 bridgehead atoms. The molecule has 7 heteroatoms. The normalized spacial score (nSPS) is 21.2. The van der Waals surface area contributed by atoms with Gasteiger partial charge in [0.1, 0.15) is 0 Å². The molecular formula is C14H20Cl3N3O. The lowest BCUT2D eigenvalue weighted by Crippen LogP contribution is -2.52. The van der Waals surface area contributed by atoms with Crippen LogP contribution < -0.4 is 5.73 Å². The van der Waals surface area contributed by atoms with Gasteiger partial charge >= 0.3 is 0 Å². The molecule has 0 spiro atoms. The SMILES string of the molecule is Cl.Cl.Nc1ccc(C(=O)N2CCN3CCCC3C2)c(Cl)c1. The predicted molar refractivity (Wildman–Crippen MR) is 90.9 cm³/mol. The van der Waals surface area contributed by atoms with Gasteiger partial charge in [-0.15, -0.1) is 24.8 Å². The molecule has 1 amide bonds. The van der Waals surface area contributed by atoms with E-state index in [1.807, 2.05) is 4.90 Å². The van der Waals surface area contributed by atoms with Crippen molar-refractivity contribution in [1.29, 1.82) is 0 Å². The third kappa shape index (κ3) is 3.75. The van der Waals surface area contributed by atoms with Gasteiger partial charge in [-0.3, -0.25) is 9.69 Å². The number of carbonyl (C=O) groups excluding carboxylic acids is 1. The van der Waals surface area contributed by atoms with Crippen molar-refractivity contribution in [3.63, 3.8) is 0 Å². The van der Waals surface area contributed by atoms with Gasteiger partial charge in [-0.25, -0.2) is 0 Å². The van der Waals surface area contributed by atoms with Gasteiger partial charge in [0.05, 0.1) is 10.6 Å². The Labute approximate surface area is 142 Å². The van der Waals surface area contributed by atoms with E-state index in [2.05, 4.69) is 4.90 Å². The van der Waals surface area contributed by atoms with Crippen molar-refractivity contribution in [3.8, 4) is 0 Å². The summed E-state index contributed by atoms with van der Waals surface area (Å²) in [5.41, 5.74) is 6.80. The number of hydrogen-bond acceptors (Lipinski definition) is 3. The van der Waals surface area contributed by atoms with Crippen LogP contribution in [0.15, 0.2) is 18.2 Å². The Morgan fingerprint density at radius 1 is 1.24 bits per heavy atom. The molecule has 2 saturated heterocycles. The maximum Gasteiger partial charge on any atom is 0.255 e. The van der Waals surface area contributed by atoms with Gasteiger partial charge in [-0.05, 0) is 37.6 Å². The number of anilines is 1. The zero-order valence-corrected chi connectivity index (χ0v) is 14.0. The van der Waals surface area contributed by atoms with E-state index in [-0.39, 0.29) is 30.7 Å². The van der Waals surface area contributed by atoms with E-state index in [0.717, 1.165) is 19.6 Å². The number of fused-ring (bicyclic) bond motifs is 1. The summed E-state index contributed by atoms with van der Waals surface area (Å²) in [5.74, 6) is 0.0246. The summed E-state index contributed by atoms with van der Waals surface area (Å²) in [6.45, 7) is 3.76. The van der Waals surface area contributed by atoms with E-state index in [1.165, 1.54) is 19.4 Å². The first-order valence-corrected chi connectivity index (χ1v) is 7.11. The quantitative estimate of drug-likeness (QED) is 0.791. The van der Waals surface area contributed by atoms with Gasteiger partial charge in [-0.1, -0.05) is 11.6 Å². The largest absolute Gasteiger partial charge is 0.399 e. The van der Waals surface area contributed by atoms with Crippen LogP contribution in [0.25, 0.3) is 0 Å². The number of nitrogens with zero attached hydrogens (tertiary/aromatic N) is 2. The standard InChI is InChI=1S/C14H18ClN3O.2ClH/c15-13-8-10(16)3-4-12(13)14(19)18-7-6-17-5-1-2-11(17)9-18;;/h3-4,8,11H,1-2,5-7,9,16H2;2*1H. The third-order valence-corrected chi connectivity index (χ3v) is 4.41. The molecule has 0 radical (unpaired) electrons. The number of amides is 1. The van der Waals surface area contributed by atoms with Crippen LogP contribution in [0, 0.1) is 0 Å². The van der Waals surface area contributed by atoms with Gasteiger partial charge in [0.25, 0.3) is 5.91 Å². The van der Waals surface area contributed by atoms with E-state index in [9.17, 15) is 4.79 Å². The first kappa shape index (κ1) is 18.4. The number of carbonyl (C=O) groups is 1. The van der Waals surface area contributed by atoms with Crippen LogP contribution in [-0.4, -0.2) is 47.9 Å². The monoisotopic (exact) mass is 351 g/mol. The van der Waals surface area contributed by atoms with Crippen LogP contribution in [0.3, 0.4) is 0 Å². The molecule has 0 aliphatic carbocycles. The highest BCUT2D eigenvalue weighted by molar-refractivity contribution is 6.34. The Balaban J connectivity index is 0.00000110. The predicted octanol–water partition coefficient (Wildman–Crippen LogP) is 2.69. The molecule has 2 aliphatic rings. The molecule has 1 aromatic carbocycles. The number of hydrogen-bond donors (Lipinski definition) is 1. The molecule has 3 rings (SSSR count). The Kier molecular flexibility index (Phi) is 6.60. The summed E-state index contributed by atoms with van der Waals surface area (Å²) >= 11 is 6.12. The van der Waals surface area contributed by atoms with E-state index < -0.39 is 0 Å². The third-order valence-electron chi connectivity index (χ3n) is 4.10. The summed E-state index contributed by atoms with van der Waals surface area (Å²) in [6, 6.07) is 5.62. The average Bonchev–Trinajstić information content (AvgIpc) is 2.85.